The Balaban J connectivity index is 2.05. The first kappa shape index (κ1) is 13.6. The number of rotatable bonds is 2. The van der Waals surface area contributed by atoms with Crippen molar-refractivity contribution >= 4 is 0 Å². The third kappa shape index (κ3) is 2.93. The van der Waals surface area contributed by atoms with Crippen LogP contribution < -0.4 is 0 Å². The molecule has 2 rings (SSSR count). The lowest BCUT2D eigenvalue weighted by atomic mass is 9.94. The van der Waals surface area contributed by atoms with Gasteiger partial charge in [-0.15, -0.1) is 0 Å². The summed E-state index contributed by atoms with van der Waals surface area (Å²) in [6.07, 6.45) is 3.39. The molecule has 1 aliphatic heterocycles. The van der Waals surface area contributed by atoms with E-state index in [1.807, 2.05) is 6.20 Å². The fraction of sp³-hybridized carbons (Fsp3) is 0.786. The van der Waals surface area contributed by atoms with E-state index in [1.165, 1.54) is 0 Å². The van der Waals surface area contributed by atoms with Crippen LogP contribution in [0.1, 0.15) is 58.2 Å². The van der Waals surface area contributed by atoms with Crippen molar-refractivity contribution in [1.82, 2.24) is 9.88 Å². The fourth-order valence-corrected chi connectivity index (χ4v) is 2.26. The molecule has 0 saturated carbocycles. The Kier molecular flexibility index (Phi) is 3.78. The number of piperidine rings is 1. The van der Waals surface area contributed by atoms with Crippen LogP contribution in [0.2, 0.25) is 0 Å². The molecule has 2 heterocycles. The van der Waals surface area contributed by atoms with E-state index < -0.39 is 0 Å². The molecule has 0 aliphatic carbocycles. The van der Waals surface area contributed by atoms with Crippen molar-refractivity contribution in [2.24, 2.45) is 0 Å². The average Bonchev–Trinajstić information content (AvgIpc) is 2.78. The Bertz CT molecular complexity index is 387. The minimum absolute atomic E-state index is 0.00304. The van der Waals surface area contributed by atoms with Crippen LogP contribution in [0.4, 0.5) is 0 Å². The molecule has 0 radical (unpaired) electrons. The molecule has 4 heteroatoms. The first-order valence-electron chi connectivity index (χ1n) is 6.76. The number of nitrogens with zero attached hydrogens (tertiary/aromatic N) is 2. The minimum Gasteiger partial charge on any atom is -0.443 e. The molecule has 0 bridgehead atoms. The Morgan fingerprint density at radius 2 is 2.00 bits per heavy atom. The van der Waals surface area contributed by atoms with Crippen LogP contribution in [0.5, 0.6) is 0 Å². The SMILES string of the molecule is CC(c1ncc(C(C)(C)C)o1)N1CCC(O)CC1. The van der Waals surface area contributed by atoms with Gasteiger partial charge in [-0.05, 0) is 19.8 Å². The molecule has 4 nitrogen and oxygen atoms in total. The first-order chi connectivity index (χ1) is 8.38. The van der Waals surface area contributed by atoms with Gasteiger partial charge in [0.2, 0.25) is 5.89 Å². The highest BCUT2D eigenvalue weighted by Crippen LogP contribution is 2.28. The molecule has 1 N–H and O–H groups in total. The summed E-state index contributed by atoms with van der Waals surface area (Å²) in [4.78, 5) is 6.73. The van der Waals surface area contributed by atoms with E-state index in [-0.39, 0.29) is 17.6 Å². The zero-order valence-electron chi connectivity index (χ0n) is 11.8. The molecular formula is C14H24N2O2. The third-order valence-corrected chi connectivity index (χ3v) is 3.67. The Morgan fingerprint density at radius 1 is 1.39 bits per heavy atom. The third-order valence-electron chi connectivity index (χ3n) is 3.67. The summed E-state index contributed by atoms with van der Waals surface area (Å²) in [6, 6.07) is 0.189. The van der Waals surface area contributed by atoms with E-state index in [4.69, 9.17) is 4.42 Å². The van der Waals surface area contributed by atoms with E-state index >= 15 is 0 Å². The highest BCUT2D eigenvalue weighted by Gasteiger charge is 2.27. The molecule has 102 valence electrons. The van der Waals surface area contributed by atoms with Crippen LogP contribution >= 0.6 is 0 Å². The van der Waals surface area contributed by atoms with E-state index in [1.54, 1.807) is 0 Å². The number of hydrogen-bond donors (Lipinski definition) is 1. The molecule has 1 atom stereocenters. The van der Waals surface area contributed by atoms with Gasteiger partial charge >= 0.3 is 0 Å². The highest BCUT2D eigenvalue weighted by molar-refractivity contribution is 5.07. The number of aromatic nitrogens is 1. The van der Waals surface area contributed by atoms with Crippen molar-refractivity contribution < 1.29 is 9.52 Å². The number of aliphatic hydroxyl groups excluding tert-OH is 1. The van der Waals surface area contributed by atoms with Crippen molar-refractivity contribution in [2.45, 2.75) is 58.1 Å². The number of hydrogen-bond acceptors (Lipinski definition) is 4. The van der Waals surface area contributed by atoms with Crippen LogP contribution in [0.3, 0.4) is 0 Å². The van der Waals surface area contributed by atoms with Gasteiger partial charge in [0, 0.05) is 18.5 Å². The molecule has 0 aromatic carbocycles. The standard InChI is InChI=1S/C14H24N2O2/c1-10(16-7-5-11(17)6-8-16)13-15-9-12(18-13)14(2,3)4/h9-11,17H,5-8H2,1-4H3. The van der Waals surface area contributed by atoms with Crippen LogP contribution in [0.15, 0.2) is 10.6 Å². The topological polar surface area (TPSA) is 49.5 Å². The van der Waals surface area contributed by atoms with E-state index in [9.17, 15) is 5.11 Å². The Labute approximate surface area is 109 Å². The van der Waals surface area contributed by atoms with Gasteiger partial charge in [-0.3, -0.25) is 4.90 Å². The summed E-state index contributed by atoms with van der Waals surface area (Å²) in [5.41, 5.74) is 0.00304. The normalized spacial score (nSPS) is 21.2. The van der Waals surface area contributed by atoms with Crippen LogP contribution in [-0.4, -0.2) is 34.2 Å². The maximum absolute atomic E-state index is 9.52. The second-order valence-corrected chi connectivity index (χ2v) is 6.26. The summed E-state index contributed by atoms with van der Waals surface area (Å²) in [5.74, 6) is 1.72. The Hall–Kier alpha value is -0.870. The van der Waals surface area contributed by atoms with Gasteiger partial charge in [-0.2, -0.15) is 0 Å². The molecule has 18 heavy (non-hydrogen) atoms. The predicted molar refractivity (Wildman–Crippen MR) is 70.4 cm³/mol. The van der Waals surface area contributed by atoms with Gasteiger partial charge in [0.1, 0.15) is 5.76 Å². The molecule has 1 aromatic heterocycles. The predicted octanol–water partition coefficient (Wildman–Crippen LogP) is 2.49. The number of likely N-dealkylation sites (tertiary alicyclic amines) is 1. The summed E-state index contributed by atoms with van der Waals surface area (Å²) < 4.78 is 5.87. The summed E-state index contributed by atoms with van der Waals surface area (Å²) in [7, 11) is 0. The van der Waals surface area contributed by atoms with Crippen LogP contribution in [0.25, 0.3) is 0 Å². The lowest BCUT2D eigenvalue weighted by Crippen LogP contribution is -2.37. The van der Waals surface area contributed by atoms with Crippen molar-refractivity contribution in [3.05, 3.63) is 17.8 Å². The molecular weight excluding hydrogens is 228 g/mol. The number of oxazole rings is 1. The molecule has 1 aliphatic rings. The summed E-state index contributed by atoms with van der Waals surface area (Å²) >= 11 is 0. The Morgan fingerprint density at radius 3 is 2.50 bits per heavy atom. The molecule has 1 unspecified atom stereocenters. The number of aliphatic hydroxyl groups is 1. The summed E-state index contributed by atoms with van der Waals surface area (Å²) in [6.45, 7) is 10.3. The highest BCUT2D eigenvalue weighted by atomic mass is 16.4. The lowest BCUT2D eigenvalue weighted by Gasteiger charge is -2.32. The summed E-state index contributed by atoms with van der Waals surface area (Å²) in [5, 5.41) is 9.52. The molecule has 1 fully saturated rings. The lowest BCUT2D eigenvalue weighted by molar-refractivity contribution is 0.0575. The first-order valence-corrected chi connectivity index (χ1v) is 6.76. The van der Waals surface area contributed by atoms with Crippen LogP contribution in [0, 0.1) is 0 Å². The van der Waals surface area contributed by atoms with Gasteiger partial charge in [0.25, 0.3) is 0 Å². The minimum atomic E-state index is -0.136. The second-order valence-electron chi connectivity index (χ2n) is 6.26. The van der Waals surface area contributed by atoms with Crippen molar-refractivity contribution in [3.8, 4) is 0 Å². The zero-order chi connectivity index (χ0) is 13.3. The quantitative estimate of drug-likeness (QED) is 0.878. The maximum atomic E-state index is 9.52. The van der Waals surface area contributed by atoms with E-state index in [0.717, 1.165) is 37.6 Å². The van der Waals surface area contributed by atoms with Gasteiger partial charge in [-0.25, -0.2) is 4.98 Å². The van der Waals surface area contributed by atoms with Crippen LogP contribution in [-0.2, 0) is 5.41 Å². The second kappa shape index (κ2) is 5.02. The maximum Gasteiger partial charge on any atom is 0.211 e. The van der Waals surface area contributed by atoms with Gasteiger partial charge < -0.3 is 9.52 Å². The molecule has 0 amide bonds. The molecule has 1 aromatic rings. The van der Waals surface area contributed by atoms with Crippen molar-refractivity contribution in [3.63, 3.8) is 0 Å². The average molecular weight is 252 g/mol. The largest absolute Gasteiger partial charge is 0.443 e. The van der Waals surface area contributed by atoms with Gasteiger partial charge in [-0.1, -0.05) is 20.8 Å². The monoisotopic (exact) mass is 252 g/mol. The van der Waals surface area contributed by atoms with Gasteiger partial charge in [0.15, 0.2) is 0 Å². The van der Waals surface area contributed by atoms with Gasteiger partial charge in [0.05, 0.1) is 18.3 Å². The smallest absolute Gasteiger partial charge is 0.211 e. The molecule has 0 spiro atoms. The molecule has 1 saturated heterocycles. The van der Waals surface area contributed by atoms with Crippen molar-refractivity contribution in [1.29, 1.82) is 0 Å². The fourth-order valence-electron chi connectivity index (χ4n) is 2.26. The van der Waals surface area contributed by atoms with E-state index in [0.29, 0.717) is 0 Å². The zero-order valence-corrected chi connectivity index (χ0v) is 11.8. The van der Waals surface area contributed by atoms with E-state index in [2.05, 4.69) is 37.6 Å². The van der Waals surface area contributed by atoms with Crippen molar-refractivity contribution in [2.75, 3.05) is 13.1 Å².